The molecule has 58 valence electrons. The molecular weight excluding hydrogens is 131 g/mol. The van der Waals surface area contributed by atoms with Crippen molar-refractivity contribution in [3.8, 4) is 0 Å². The lowest BCUT2D eigenvalue weighted by atomic mass is 10.4. The van der Waals surface area contributed by atoms with Crippen LogP contribution in [0.5, 0.6) is 0 Å². The van der Waals surface area contributed by atoms with E-state index in [9.17, 15) is 4.39 Å². The molecule has 0 fully saturated rings. The molecule has 0 aliphatic heterocycles. The van der Waals surface area contributed by atoms with Crippen LogP contribution >= 0.6 is 0 Å². The maximum atomic E-state index is 12.3. The highest BCUT2D eigenvalue weighted by Crippen LogP contribution is 2.09. The molecule has 0 atom stereocenters. The minimum absolute atomic E-state index is 0.252. The van der Waals surface area contributed by atoms with Gasteiger partial charge in [0.1, 0.15) is 5.76 Å². The Balaban J connectivity index is 3.74. The van der Waals surface area contributed by atoms with Gasteiger partial charge in [0.05, 0.1) is 6.61 Å². The summed E-state index contributed by atoms with van der Waals surface area (Å²) in [6, 6.07) is 0. The fraction of sp³-hybridized carbons (Fsp3) is 0.500. The minimum Gasteiger partial charge on any atom is -0.491 e. The van der Waals surface area contributed by atoms with Crippen LogP contribution in [0.25, 0.3) is 0 Å². The molecule has 0 saturated carbocycles. The molecule has 2 heteroatoms. The number of ether oxygens (including phenoxy) is 1. The topological polar surface area (TPSA) is 9.23 Å². The molecule has 0 rings (SSSR count). The standard InChI is InChI=1S/C8H13FO/c1-4-6-10-8(5-2)7(3)9/h5H,3-4,6H2,1-2H3/b8-5+. The first kappa shape index (κ1) is 9.21. The van der Waals surface area contributed by atoms with E-state index in [0.29, 0.717) is 6.61 Å². The Hall–Kier alpha value is -0.790. The molecule has 10 heavy (non-hydrogen) atoms. The molecule has 0 unspecified atom stereocenters. The Labute approximate surface area is 61.2 Å². The lowest BCUT2D eigenvalue weighted by molar-refractivity contribution is 0.209. The molecule has 0 aromatic rings. The van der Waals surface area contributed by atoms with Gasteiger partial charge in [-0.15, -0.1) is 0 Å². The van der Waals surface area contributed by atoms with Gasteiger partial charge in [0.25, 0.3) is 0 Å². The van der Waals surface area contributed by atoms with E-state index in [0.717, 1.165) is 6.42 Å². The summed E-state index contributed by atoms with van der Waals surface area (Å²) in [4.78, 5) is 0. The van der Waals surface area contributed by atoms with Crippen molar-refractivity contribution in [2.24, 2.45) is 0 Å². The van der Waals surface area contributed by atoms with Gasteiger partial charge in [0.2, 0.25) is 0 Å². The van der Waals surface area contributed by atoms with Gasteiger partial charge in [-0.3, -0.25) is 0 Å². The third-order valence-electron chi connectivity index (χ3n) is 0.991. The fourth-order valence-corrected chi connectivity index (χ4v) is 0.530. The molecular formula is C8H13FO. The summed E-state index contributed by atoms with van der Waals surface area (Å²) < 4.78 is 17.3. The van der Waals surface area contributed by atoms with Crippen LogP contribution in [0.3, 0.4) is 0 Å². The van der Waals surface area contributed by atoms with E-state index < -0.39 is 5.83 Å². The third-order valence-corrected chi connectivity index (χ3v) is 0.991. The lowest BCUT2D eigenvalue weighted by Gasteiger charge is -2.04. The predicted octanol–water partition coefficient (Wildman–Crippen LogP) is 2.80. The van der Waals surface area contributed by atoms with Crippen LogP contribution in [0.15, 0.2) is 24.2 Å². The molecule has 0 aromatic carbocycles. The first-order chi connectivity index (χ1) is 4.72. The Morgan fingerprint density at radius 1 is 1.70 bits per heavy atom. The van der Waals surface area contributed by atoms with Gasteiger partial charge in [0, 0.05) is 0 Å². The van der Waals surface area contributed by atoms with E-state index >= 15 is 0 Å². The summed E-state index contributed by atoms with van der Waals surface area (Å²) in [6.07, 6.45) is 2.45. The Morgan fingerprint density at radius 2 is 2.30 bits per heavy atom. The summed E-state index contributed by atoms with van der Waals surface area (Å²) in [7, 11) is 0. The second-order valence-corrected chi connectivity index (χ2v) is 1.91. The zero-order valence-corrected chi connectivity index (χ0v) is 6.48. The van der Waals surface area contributed by atoms with Crippen molar-refractivity contribution in [2.75, 3.05) is 6.61 Å². The van der Waals surface area contributed by atoms with Crippen LogP contribution in [0.2, 0.25) is 0 Å². The smallest absolute Gasteiger partial charge is 0.157 e. The van der Waals surface area contributed by atoms with Crippen molar-refractivity contribution in [3.63, 3.8) is 0 Å². The Bertz CT molecular complexity index is 138. The van der Waals surface area contributed by atoms with Gasteiger partial charge < -0.3 is 4.74 Å². The van der Waals surface area contributed by atoms with Crippen molar-refractivity contribution in [3.05, 3.63) is 24.2 Å². The largest absolute Gasteiger partial charge is 0.491 e. The average molecular weight is 144 g/mol. The van der Waals surface area contributed by atoms with Crippen molar-refractivity contribution in [1.82, 2.24) is 0 Å². The molecule has 0 heterocycles. The fourth-order valence-electron chi connectivity index (χ4n) is 0.530. The minimum atomic E-state index is -0.504. The second kappa shape index (κ2) is 5.03. The van der Waals surface area contributed by atoms with E-state index in [4.69, 9.17) is 4.74 Å². The maximum Gasteiger partial charge on any atom is 0.157 e. The molecule has 0 bridgehead atoms. The van der Waals surface area contributed by atoms with Gasteiger partial charge >= 0.3 is 0 Å². The highest BCUT2D eigenvalue weighted by molar-refractivity contribution is 5.14. The normalized spacial score (nSPS) is 11.3. The average Bonchev–Trinajstić information content (AvgIpc) is 1.89. The van der Waals surface area contributed by atoms with Crippen molar-refractivity contribution < 1.29 is 9.13 Å². The van der Waals surface area contributed by atoms with Crippen molar-refractivity contribution in [2.45, 2.75) is 20.3 Å². The number of rotatable bonds is 4. The third kappa shape index (κ3) is 3.28. The first-order valence-electron chi connectivity index (χ1n) is 3.36. The van der Waals surface area contributed by atoms with Gasteiger partial charge in [-0.2, -0.15) is 0 Å². The van der Waals surface area contributed by atoms with Crippen molar-refractivity contribution >= 4 is 0 Å². The monoisotopic (exact) mass is 144 g/mol. The molecule has 0 aliphatic rings. The number of hydrogen-bond acceptors (Lipinski definition) is 1. The van der Waals surface area contributed by atoms with E-state index in [2.05, 4.69) is 6.58 Å². The summed E-state index contributed by atoms with van der Waals surface area (Å²) in [5, 5.41) is 0. The molecule has 0 saturated heterocycles. The second-order valence-electron chi connectivity index (χ2n) is 1.91. The molecule has 0 spiro atoms. The zero-order chi connectivity index (χ0) is 7.98. The summed E-state index contributed by atoms with van der Waals surface area (Å²) >= 11 is 0. The SMILES string of the molecule is C=C(F)/C(=C\C)OCCC. The van der Waals surface area contributed by atoms with Crippen LogP contribution in [0, 0.1) is 0 Å². The van der Waals surface area contributed by atoms with Crippen LogP contribution in [0.1, 0.15) is 20.3 Å². The molecule has 0 aromatic heterocycles. The molecule has 0 N–H and O–H groups in total. The highest BCUT2D eigenvalue weighted by Gasteiger charge is 1.98. The van der Waals surface area contributed by atoms with E-state index in [1.54, 1.807) is 13.0 Å². The van der Waals surface area contributed by atoms with E-state index in [1.165, 1.54) is 0 Å². The van der Waals surface area contributed by atoms with E-state index in [-0.39, 0.29) is 5.76 Å². The molecule has 0 radical (unpaired) electrons. The molecule has 1 nitrogen and oxygen atoms in total. The summed E-state index contributed by atoms with van der Waals surface area (Å²) in [5.41, 5.74) is 0. The van der Waals surface area contributed by atoms with Crippen LogP contribution in [-0.2, 0) is 4.74 Å². The quantitative estimate of drug-likeness (QED) is 0.435. The van der Waals surface area contributed by atoms with Gasteiger partial charge in [-0.25, -0.2) is 4.39 Å². The lowest BCUT2D eigenvalue weighted by Crippen LogP contribution is -1.92. The van der Waals surface area contributed by atoms with Crippen LogP contribution in [0.4, 0.5) is 4.39 Å². The summed E-state index contributed by atoms with van der Waals surface area (Å²) in [6.45, 7) is 7.35. The van der Waals surface area contributed by atoms with Crippen LogP contribution < -0.4 is 0 Å². The van der Waals surface area contributed by atoms with E-state index in [1.807, 2.05) is 6.92 Å². The molecule has 0 aliphatic carbocycles. The summed E-state index contributed by atoms with van der Waals surface area (Å²) in [5.74, 6) is -0.252. The number of hydrogen-bond donors (Lipinski definition) is 0. The number of halogens is 1. The van der Waals surface area contributed by atoms with Gasteiger partial charge in [-0.05, 0) is 19.4 Å². The van der Waals surface area contributed by atoms with Crippen molar-refractivity contribution in [1.29, 1.82) is 0 Å². The highest BCUT2D eigenvalue weighted by atomic mass is 19.1. The predicted molar refractivity (Wildman–Crippen MR) is 40.2 cm³/mol. The Morgan fingerprint density at radius 3 is 2.60 bits per heavy atom. The van der Waals surface area contributed by atoms with Gasteiger partial charge in [0.15, 0.2) is 5.83 Å². The number of allylic oxidation sites excluding steroid dienone is 2. The molecule has 0 amide bonds. The zero-order valence-electron chi connectivity index (χ0n) is 6.48. The van der Waals surface area contributed by atoms with Gasteiger partial charge in [-0.1, -0.05) is 13.5 Å². The van der Waals surface area contributed by atoms with Crippen LogP contribution in [-0.4, -0.2) is 6.61 Å². The Kier molecular flexibility index (Phi) is 4.63. The maximum absolute atomic E-state index is 12.3. The first-order valence-corrected chi connectivity index (χ1v) is 3.36.